The largest absolute Gasteiger partial charge is 0.467 e. The molecule has 0 saturated carbocycles. The monoisotopic (exact) mass is 357 g/mol. The molecule has 3 aromatic heterocycles. The van der Waals surface area contributed by atoms with Crippen molar-refractivity contribution in [2.75, 3.05) is 6.54 Å². The molecule has 0 spiro atoms. The third-order valence-electron chi connectivity index (χ3n) is 4.33. The van der Waals surface area contributed by atoms with Crippen LogP contribution in [0.25, 0.3) is 10.8 Å². The number of carbonyl (C=O) groups is 1. The van der Waals surface area contributed by atoms with Gasteiger partial charge in [0.25, 0.3) is 0 Å². The molecule has 3 aromatic rings. The van der Waals surface area contributed by atoms with Crippen LogP contribution >= 0.6 is 11.3 Å². The van der Waals surface area contributed by atoms with Crippen molar-refractivity contribution in [2.24, 2.45) is 0 Å². The van der Waals surface area contributed by atoms with Gasteiger partial charge in [-0.15, -0.1) is 11.3 Å². The summed E-state index contributed by atoms with van der Waals surface area (Å²) in [6, 6.07) is 7.51. The Morgan fingerprint density at radius 3 is 3.12 bits per heavy atom. The number of rotatable bonds is 6. The van der Waals surface area contributed by atoms with Crippen molar-refractivity contribution in [2.45, 2.75) is 32.0 Å². The number of hydrogen-bond donors (Lipinski definition) is 1. The van der Waals surface area contributed by atoms with Crippen LogP contribution in [0.4, 0.5) is 0 Å². The number of aromatic nitrogens is 1. The van der Waals surface area contributed by atoms with Crippen LogP contribution in [0.2, 0.25) is 0 Å². The lowest BCUT2D eigenvalue weighted by Gasteiger charge is -2.22. The normalized spacial score (nSPS) is 17.8. The molecule has 6 nitrogen and oxygen atoms in total. The number of amides is 1. The van der Waals surface area contributed by atoms with E-state index in [0.29, 0.717) is 19.0 Å². The van der Waals surface area contributed by atoms with E-state index in [4.69, 9.17) is 8.83 Å². The molecule has 130 valence electrons. The van der Waals surface area contributed by atoms with Crippen LogP contribution in [0.1, 0.15) is 24.3 Å². The van der Waals surface area contributed by atoms with Crippen LogP contribution in [0.15, 0.2) is 51.0 Å². The van der Waals surface area contributed by atoms with Gasteiger partial charge in [0.05, 0.1) is 29.4 Å². The summed E-state index contributed by atoms with van der Waals surface area (Å²) in [5.74, 6) is 1.44. The first kappa shape index (κ1) is 16.1. The summed E-state index contributed by atoms with van der Waals surface area (Å²) in [5.41, 5.74) is 0.856. The van der Waals surface area contributed by atoms with Crippen LogP contribution in [-0.2, 0) is 17.9 Å². The topological polar surface area (TPSA) is 71.5 Å². The molecule has 1 N–H and O–H groups in total. The summed E-state index contributed by atoms with van der Waals surface area (Å²) in [5, 5.41) is 4.95. The molecule has 7 heteroatoms. The highest BCUT2D eigenvalue weighted by Crippen LogP contribution is 2.25. The van der Waals surface area contributed by atoms with Crippen molar-refractivity contribution in [3.05, 3.63) is 53.6 Å². The van der Waals surface area contributed by atoms with Crippen LogP contribution in [0.5, 0.6) is 0 Å². The zero-order chi connectivity index (χ0) is 17.1. The molecule has 0 bridgehead atoms. The van der Waals surface area contributed by atoms with Crippen molar-refractivity contribution >= 4 is 17.2 Å². The molecule has 0 radical (unpaired) electrons. The standard InChI is InChI=1S/C18H19N3O3S/c22-17(19-10-14-4-2-8-23-14)15-5-1-7-21(15)11-13-12-24-18(20-13)16-6-3-9-25-16/h2-4,6,8-9,12,15H,1,5,7,10-11H2,(H,19,22). The third kappa shape index (κ3) is 3.67. The van der Waals surface area contributed by atoms with Crippen LogP contribution in [0.3, 0.4) is 0 Å². The van der Waals surface area contributed by atoms with Crippen LogP contribution in [-0.4, -0.2) is 28.4 Å². The van der Waals surface area contributed by atoms with E-state index in [1.54, 1.807) is 23.9 Å². The average Bonchev–Trinajstić information content (AvgIpc) is 3.39. The first-order valence-corrected chi connectivity index (χ1v) is 9.20. The molecule has 1 fully saturated rings. The molecule has 0 aromatic carbocycles. The lowest BCUT2D eigenvalue weighted by molar-refractivity contribution is -0.125. The fourth-order valence-electron chi connectivity index (χ4n) is 3.12. The van der Waals surface area contributed by atoms with Crippen molar-refractivity contribution in [1.29, 1.82) is 0 Å². The smallest absolute Gasteiger partial charge is 0.237 e. The predicted octanol–water partition coefficient (Wildman–Crippen LogP) is 3.28. The number of hydrogen-bond acceptors (Lipinski definition) is 6. The van der Waals surface area contributed by atoms with E-state index in [9.17, 15) is 4.79 Å². The quantitative estimate of drug-likeness (QED) is 0.733. The molecule has 1 unspecified atom stereocenters. The van der Waals surface area contributed by atoms with Crippen molar-refractivity contribution < 1.29 is 13.6 Å². The minimum Gasteiger partial charge on any atom is -0.467 e. The SMILES string of the molecule is O=C(NCc1ccco1)C1CCCN1Cc1coc(-c2cccs2)n1. The second-order valence-electron chi connectivity index (χ2n) is 6.05. The van der Waals surface area contributed by atoms with Gasteiger partial charge in [-0.2, -0.15) is 0 Å². The zero-order valence-electron chi connectivity index (χ0n) is 13.7. The Bertz CT molecular complexity index is 811. The maximum atomic E-state index is 12.5. The summed E-state index contributed by atoms with van der Waals surface area (Å²) in [4.78, 5) is 20.2. The van der Waals surface area contributed by atoms with Gasteiger partial charge < -0.3 is 14.2 Å². The van der Waals surface area contributed by atoms with Crippen molar-refractivity contribution in [3.63, 3.8) is 0 Å². The highest BCUT2D eigenvalue weighted by Gasteiger charge is 2.31. The maximum absolute atomic E-state index is 12.5. The highest BCUT2D eigenvalue weighted by atomic mass is 32.1. The molecule has 1 aliphatic heterocycles. The molecular formula is C18H19N3O3S. The Hall–Kier alpha value is -2.38. The van der Waals surface area contributed by atoms with Gasteiger partial charge >= 0.3 is 0 Å². The summed E-state index contributed by atoms with van der Waals surface area (Å²) >= 11 is 1.60. The molecule has 1 amide bonds. The van der Waals surface area contributed by atoms with E-state index in [-0.39, 0.29) is 11.9 Å². The summed E-state index contributed by atoms with van der Waals surface area (Å²) < 4.78 is 10.8. The molecule has 4 heterocycles. The lowest BCUT2D eigenvalue weighted by atomic mass is 10.2. The van der Waals surface area contributed by atoms with Crippen LogP contribution in [0, 0.1) is 0 Å². The minimum atomic E-state index is -0.128. The Morgan fingerprint density at radius 2 is 2.32 bits per heavy atom. The predicted molar refractivity (Wildman–Crippen MR) is 93.8 cm³/mol. The number of carbonyl (C=O) groups excluding carboxylic acids is 1. The number of nitrogens with one attached hydrogen (secondary N) is 1. The van der Waals surface area contributed by atoms with Gasteiger partial charge in [0, 0.05) is 6.54 Å². The fourth-order valence-corrected chi connectivity index (χ4v) is 3.77. The van der Waals surface area contributed by atoms with Gasteiger partial charge in [0.15, 0.2) is 0 Å². The summed E-state index contributed by atoms with van der Waals surface area (Å²) in [6.07, 6.45) is 5.17. The fraction of sp³-hybridized carbons (Fsp3) is 0.333. The maximum Gasteiger partial charge on any atom is 0.237 e. The van der Waals surface area contributed by atoms with Crippen molar-refractivity contribution in [3.8, 4) is 10.8 Å². The molecule has 1 saturated heterocycles. The second kappa shape index (κ2) is 7.25. The van der Waals surface area contributed by atoms with Gasteiger partial charge in [-0.1, -0.05) is 6.07 Å². The Balaban J connectivity index is 1.37. The minimum absolute atomic E-state index is 0.0378. The average molecular weight is 357 g/mol. The first-order chi connectivity index (χ1) is 12.3. The molecule has 1 atom stereocenters. The third-order valence-corrected chi connectivity index (χ3v) is 5.19. The van der Waals surface area contributed by atoms with E-state index >= 15 is 0 Å². The van der Waals surface area contributed by atoms with Crippen LogP contribution < -0.4 is 5.32 Å². The molecule has 0 aliphatic carbocycles. The first-order valence-electron chi connectivity index (χ1n) is 8.32. The number of oxazole rings is 1. The number of likely N-dealkylation sites (tertiary alicyclic amines) is 1. The van der Waals surface area contributed by atoms with E-state index in [0.717, 1.165) is 35.7 Å². The van der Waals surface area contributed by atoms with E-state index < -0.39 is 0 Å². The molecule has 25 heavy (non-hydrogen) atoms. The van der Waals surface area contributed by atoms with Gasteiger partial charge in [-0.25, -0.2) is 4.98 Å². The molecule has 1 aliphatic rings. The highest BCUT2D eigenvalue weighted by molar-refractivity contribution is 7.13. The number of thiophene rings is 1. The Morgan fingerprint density at radius 1 is 1.36 bits per heavy atom. The van der Waals surface area contributed by atoms with Gasteiger partial charge in [0.2, 0.25) is 11.8 Å². The van der Waals surface area contributed by atoms with E-state index in [1.807, 2.05) is 29.6 Å². The van der Waals surface area contributed by atoms with Crippen molar-refractivity contribution in [1.82, 2.24) is 15.2 Å². The summed E-state index contributed by atoms with van der Waals surface area (Å²) in [7, 11) is 0. The summed E-state index contributed by atoms with van der Waals surface area (Å²) in [6.45, 7) is 1.93. The Labute approximate surface area is 149 Å². The zero-order valence-corrected chi connectivity index (χ0v) is 14.5. The van der Waals surface area contributed by atoms with E-state index in [1.165, 1.54) is 0 Å². The second-order valence-corrected chi connectivity index (χ2v) is 6.99. The number of furan rings is 1. The van der Waals surface area contributed by atoms with Gasteiger partial charge in [-0.05, 0) is 43.0 Å². The lowest BCUT2D eigenvalue weighted by Crippen LogP contribution is -2.42. The molecular weight excluding hydrogens is 338 g/mol. The van der Waals surface area contributed by atoms with Gasteiger partial charge in [0.1, 0.15) is 12.0 Å². The van der Waals surface area contributed by atoms with Gasteiger partial charge in [-0.3, -0.25) is 9.69 Å². The number of nitrogens with zero attached hydrogens (tertiary/aromatic N) is 2. The molecule has 4 rings (SSSR count). The Kier molecular flexibility index (Phi) is 4.67. The van der Waals surface area contributed by atoms with E-state index in [2.05, 4.69) is 15.2 Å².